The van der Waals surface area contributed by atoms with Crippen molar-refractivity contribution in [3.63, 3.8) is 0 Å². The first-order valence-electron chi connectivity index (χ1n) is 10.3. The maximum absolute atomic E-state index is 13.4. The number of aromatic nitrogens is 1. The number of hydrogen-bond donors (Lipinski definition) is 1. The van der Waals surface area contributed by atoms with Gasteiger partial charge in [0.15, 0.2) is 11.9 Å². The Bertz CT molecular complexity index is 1250. The molecule has 8 nitrogen and oxygen atoms in total. The average Bonchev–Trinajstić information content (AvgIpc) is 3.61. The van der Waals surface area contributed by atoms with Crippen molar-refractivity contribution in [2.45, 2.75) is 18.6 Å². The number of carbonyl (C=O) groups excluding carboxylic acids is 2. The minimum atomic E-state index is -0.886. The highest BCUT2D eigenvalue weighted by atomic mass is 16.5. The van der Waals surface area contributed by atoms with Crippen LogP contribution in [0.1, 0.15) is 18.0 Å². The molecule has 0 aliphatic carbocycles. The van der Waals surface area contributed by atoms with E-state index in [1.54, 1.807) is 60.7 Å². The highest BCUT2D eigenvalue weighted by Crippen LogP contribution is 2.45. The van der Waals surface area contributed by atoms with Crippen LogP contribution in [-0.4, -0.2) is 35.2 Å². The third-order valence-corrected chi connectivity index (χ3v) is 5.77. The number of nitrogens with zero attached hydrogens (tertiary/aromatic N) is 2. The van der Waals surface area contributed by atoms with Gasteiger partial charge in [0.05, 0.1) is 25.0 Å². The Labute approximate surface area is 189 Å². The van der Waals surface area contributed by atoms with Gasteiger partial charge in [0.1, 0.15) is 17.7 Å². The van der Waals surface area contributed by atoms with Crippen LogP contribution < -0.4 is 9.64 Å². The topological polar surface area (TPSA) is 102 Å². The first kappa shape index (κ1) is 20.6. The molecular weight excluding hydrogens is 424 g/mol. The molecule has 3 heterocycles. The maximum atomic E-state index is 13.4. The fourth-order valence-corrected chi connectivity index (χ4v) is 4.19. The second-order valence-corrected chi connectivity index (χ2v) is 7.61. The van der Waals surface area contributed by atoms with E-state index >= 15 is 0 Å². The highest BCUT2D eigenvalue weighted by molar-refractivity contribution is 6.17. The predicted molar refractivity (Wildman–Crippen MR) is 118 cm³/mol. The summed E-state index contributed by atoms with van der Waals surface area (Å²) in [5, 5.41) is 14.8. The summed E-state index contributed by atoms with van der Waals surface area (Å²) in [5.41, 5.74) is 2.51. The molecule has 2 aliphatic rings. The summed E-state index contributed by atoms with van der Waals surface area (Å²) < 4.78 is 15.8. The van der Waals surface area contributed by atoms with E-state index < -0.39 is 29.6 Å². The van der Waals surface area contributed by atoms with Crippen LogP contribution in [0.4, 0.5) is 5.69 Å². The third kappa shape index (κ3) is 3.45. The van der Waals surface area contributed by atoms with E-state index in [4.69, 9.17) is 14.0 Å². The lowest BCUT2D eigenvalue weighted by atomic mass is 9.92. The zero-order valence-corrected chi connectivity index (χ0v) is 17.7. The largest absolute Gasteiger partial charge is 0.503 e. The molecule has 166 valence electrons. The number of hydrogen-bond acceptors (Lipinski definition) is 7. The van der Waals surface area contributed by atoms with Gasteiger partial charge in [0.2, 0.25) is 5.78 Å². The molecule has 0 fully saturated rings. The van der Waals surface area contributed by atoms with Crippen molar-refractivity contribution in [2.75, 3.05) is 12.0 Å². The Morgan fingerprint density at radius 2 is 1.94 bits per heavy atom. The van der Waals surface area contributed by atoms with Crippen LogP contribution in [0, 0.1) is 0 Å². The maximum Gasteiger partial charge on any atom is 0.294 e. The smallest absolute Gasteiger partial charge is 0.294 e. The first-order chi connectivity index (χ1) is 16.1. The lowest BCUT2D eigenvalue weighted by Crippen LogP contribution is -2.32. The number of methoxy groups -OCH3 is 1. The van der Waals surface area contributed by atoms with Gasteiger partial charge >= 0.3 is 0 Å². The monoisotopic (exact) mass is 444 g/mol. The van der Waals surface area contributed by atoms with Crippen molar-refractivity contribution in [3.05, 3.63) is 90.1 Å². The van der Waals surface area contributed by atoms with Gasteiger partial charge in [-0.25, -0.2) is 0 Å². The molecule has 2 aromatic carbocycles. The Morgan fingerprint density at radius 1 is 1.15 bits per heavy atom. The van der Waals surface area contributed by atoms with Gasteiger partial charge in [-0.05, 0) is 24.3 Å². The molecule has 33 heavy (non-hydrogen) atoms. The number of amides is 1. The number of ketones is 1. The quantitative estimate of drug-likeness (QED) is 0.610. The van der Waals surface area contributed by atoms with Gasteiger partial charge in [0.25, 0.3) is 5.91 Å². The van der Waals surface area contributed by atoms with Gasteiger partial charge in [0, 0.05) is 29.3 Å². The van der Waals surface area contributed by atoms with Crippen molar-refractivity contribution in [3.8, 4) is 17.0 Å². The van der Waals surface area contributed by atoms with Crippen molar-refractivity contribution in [1.82, 2.24) is 5.16 Å². The van der Waals surface area contributed by atoms with E-state index in [0.29, 0.717) is 29.1 Å². The molecule has 0 spiro atoms. The lowest BCUT2D eigenvalue weighted by Gasteiger charge is -2.28. The van der Waals surface area contributed by atoms with Crippen molar-refractivity contribution in [2.24, 2.45) is 0 Å². The summed E-state index contributed by atoms with van der Waals surface area (Å²) in [4.78, 5) is 28.0. The lowest BCUT2D eigenvalue weighted by molar-refractivity contribution is -0.123. The third-order valence-electron chi connectivity index (χ3n) is 5.77. The average molecular weight is 444 g/mol. The standard InChI is InChI=1S/C25H20N2O6/c1-31-19-6-3-2-5-17(19)22-21(23(28)20-7-4-13-32-20)24(29)25(30)27(22)16-10-8-15(9-11-16)18-12-14-33-26-18/h2-6,8-14,20,22,29H,7H2,1H3. The predicted octanol–water partition coefficient (Wildman–Crippen LogP) is 4.12. The van der Waals surface area contributed by atoms with Crippen molar-refractivity contribution >= 4 is 17.4 Å². The summed E-state index contributed by atoms with van der Waals surface area (Å²) in [6, 6.07) is 15.0. The molecule has 0 bridgehead atoms. The molecule has 1 N–H and O–H groups in total. The summed E-state index contributed by atoms with van der Waals surface area (Å²) in [6.07, 6.45) is 4.24. The van der Waals surface area contributed by atoms with Crippen LogP contribution in [0.2, 0.25) is 0 Å². The number of benzene rings is 2. The molecule has 0 radical (unpaired) electrons. The minimum Gasteiger partial charge on any atom is -0.503 e. The van der Waals surface area contributed by atoms with Gasteiger partial charge < -0.3 is 19.1 Å². The zero-order chi connectivity index (χ0) is 22.9. The summed E-state index contributed by atoms with van der Waals surface area (Å²) in [7, 11) is 1.52. The Morgan fingerprint density at radius 3 is 2.61 bits per heavy atom. The Balaban J connectivity index is 1.61. The molecule has 3 aromatic rings. The number of aliphatic hydroxyl groups is 1. The second-order valence-electron chi connectivity index (χ2n) is 7.61. The fourth-order valence-electron chi connectivity index (χ4n) is 4.19. The Hall–Kier alpha value is -4.33. The summed E-state index contributed by atoms with van der Waals surface area (Å²) in [5.74, 6) is -1.21. The molecule has 1 aromatic heterocycles. The number of aliphatic hydroxyl groups excluding tert-OH is 1. The van der Waals surface area contributed by atoms with E-state index in [1.165, 1.54) is 24.5 Å². The Kier molecular flexibility index (Phi) is 5.18. The highest BCUT2D eigenvalue weighted by Gasteiger charge is 2.47. The number of anilines is 1. The second kappa shape index (κ2) is 8.31. The number of carbonyl (C=O) groups is 2. The number of ether oxygens (including phenoxy) is 2. The van der Waals surface area contributed by atoms with Crippen molar-refractivity contribution in [1.29, 1.82) is 0 Å². The van der Waals surface area contributed by atoms with E-state index in [2.05, 4.69) is 5.16 Å². The van der Waals surface area contributed by atoms with Crippen LogP contribution in [-0.2, 0) is 14.3 Å². The SMILES string of the molecule is COc1ccccc1C1C(C(=O)C2CC=CO2)=C(O)C(=O)N1c1ccc(-c2ccon2)cc1. The van der Waals surface area contributed by atoms with Crippen LogP contribution in [0.15, 0.2) is 89.1 Å². The molecule has 2 aliphatic heterocycles. The molecule has 5 rings (SSSR count). The van der Waals surface area contributed by atoms with E-state index in [-0.39, 0.29) is 5.57 Å². The molecule has 0 saturated heterocycles. The van der Waals surface area contributed by atoms with Gasteiger partial charge in [-0.15, -0.1) is 0 Å². The zero-order valence-electron chi connectivity index (χ0n) is 17.7. The fraction of sp³-hybridized carbons (Fsp3) is 0.160. The molecular formula is C25H20N2O6. The number of rotatable bonds is 6. The molecule has 1 amide bonds. The first-order valence-corrected chi connectivity index (χ1v) is 10.3. The van der Waals surface area contributed by atoms with E-state index in [9.17, 15) is 14.7 Å². The molecule has 0 saturated carbocycles. The normalized spacial score (nSPS) is 19.8. The molecule has 2 atom stereocenters. The number of para-hydroxylation sites is 1. The van der Waals surface area contributed by atoms with E-state index in [0.717, 1.165) is 5.56 Å². The minimum absolute atomic E-state index is 0.0150. The van der Waals surface area contributed by atoms with Gasteiger partial charge in [-0.3, -0.25) is 14.5 Å². The van der Waals surface area contributed by atoms with Crippen LogP contribution in [0.3, 0.4) is 0 Å². The van der Waals surface area contributed by atoms with Crippen LogP contribution in [0.25, 0.3) is 11.3 Å². The summed E-state index contributed by atoms with van der Waals surface area (Å²) in [6.45, 7) is 0. The number of Topliss-reactive ketones (excluding diaryl/α,β-unsaturated/α-hetero) is 1. The van der Waals surface area contributed by atoms with Crippen molar-refractivity contribution < 1.29 is 28.7 Å². The molecule has 2 unspecified atom stereocenters. The van der Waals surface area contributed by atoms with Gasteiger partial charge in [-0.1, -0.05) is 35.5 Å². The molecule has 8 heteroatoms. The van der Waals surface area contributed by atoms with Crippen LogP contribution in [0.5, 0.6) is 5.75 Å². The van der Waals surface area contributed by atoms with Gasteiger partial charge in [-0.2, -0.15) is 0 Å². The summed E-state index contributed by atoms with van der Waals surface area (Å²) >= 11 is 0. The van der Waals surface area contributed by atoms with E-state index in [1.807, 2.05) is 0 Å². The van der Waals surface area contributed by atoms with Crippen LogP contribution >= 0.6 is 0 Å².